The molecule has 0 saturated carbocycles. The van der Waals surface area contributed by atoms with Gasteiger partial charge >= 0.3 is 5.97 Å². The Labute approximate surface area is 136 Å². The highest BCUT2D eigenvalue weighted by atomic mass is 35.5. The lowest BCUT2D eigenvalue weighted by Crippen LogP contribution is -2.28. The molecule has 1 aromatic rings. The Balaban J connectivity index is 2.88. The molecule has 1 aromatic carbocycles. The molecule has 0 amide bonds. The van der Waals surface area contributed by atoms with Crippen molar-refractivity contribution in [2.45, 2.75) is 33.1 Å². The quantitative estimate of drug-likeness (QED) is 0.227. The van der Waals surface area contributed by atoms with Gasteiger partial charge < -0.3 is 4.74 Å². The van der Waals surface area contributed by atoms with Crippen LogP contribution in [-0.4, -0.2) is 31.1 Å². The number of rotatable bonds is 9. The fourth-order valence-electron chi connectivity index (χ4n) is 1.93. The van der Waals surface area contributed by atoms with Gasteiger partial charge in [-0.1, -0.05) is 43.5 Å². The molecule has 1 rings (SSSR count). The first-order valence-corrected chi connectivity index (χ1v) is 7.94. The smallest absolute Gasteiger partial charge is 0.322 e. The van der Waals surface area contributed by atoms with Crippen LogP contribution in [0.5, 0.6) is 0 Å². The molecule has 0 bridgehead atoms. The molecule has 0 aromatic heterocycles. The Morgan fingerprint density at radius 2 is 2.00 bits per heavy atom. The molecular formula is C17H22ClNO3. The fourth-order valence-corrected chi connectivity index (χ4v) is 2.16. The van der Waals surface area contributed by atoms with Gasteiger partial charge in [0, 0.05) is 18.3 Å². The second-order valence-corrected chi connectivity index (χ2v) is 5.24. The van der Waals surface area contributed by atoms with E-state index in [4.69, 9.17) is 16.3 Å². The maximum atomic E-state index is 12.5. The number of benzene rings is 1. The summed E-state index contributed by atoms with van der Waals surface area (Å²) in [4.78, 5) is 28.7. The predicted octanol–water partition coefficient (Wildman–Crippen LogP) is 3.96. The Bertz CT molecular complexity index is 528. The summed E-state index contributed by atoms with van der Waals surface area (Å²) < 4.78 is 4.97. The van der Waals surface area contributed by atoms with Crippen LogP contribution >= 0.6 is 11.6 Å². The molecule has 0 aliphatic carbocycles. The average molecular weight is 324 g/mol. The van der Waals surface area contributed by atoms with Crippen molar-refractivity contribution in [3.63, 3.8) is 0 Å². The summed E-state index contributed by atoms with van der Waals surface area (Å²) in [5.41, 5.74) is 0.308. The molecule has 0 fully saturated rings. The van der Waals surface area contributed by atoms with Crippen LogP contribution in [0.25, 0.3) is 0 Å². The molecular weight excluding hydrogens is 302 g/mol. The van der Waals surface area contributed by atoms with Crippen molar-refractivity contribution < 1.29 is 14.3 Å². The molecule has 0 heterocycles. The van der Waals surface area contributed by atoms with Gasteiger partial charge in [-0.2, -0.15) is 0 Å². The van der Waals surface area contributed by atoms with E-state index in [0.717, 1.165) is 19.3 Å². The van der Waals surface area contributed by atoms with Gasteiger partial charge in [-0.25, -0.2) is 0 Å². The summed E-state index contributed by atoms with van der Waals surface area (Å²) >= 11 is 6.03. The summed E-state index contributed by atoms with van der Waals surface area (Å²) in [6.45, 7) is 4.62. The van der Waals surface area contributed by atoms with Crippen molar-refractivity contribution in [3.8, 4) is 0 Å². The molecule has 1 atom stereocenters. The van der Waals surface area contributed by atoms with Gasteiger partial charge in [0.2, 0.25) is 0 Å². The van der Waals surface area contributed by atoms with Crippen LogP contribution in [0, 0.1) is 5.92 Å². The summed E-state index contributed by atoms with van der Waals surface area (Å²) in [7, 11) is 0. The number of carbonyl (C=O) groups is 2. The summed E-state index contributed by atoms with van der Waals surface area (Å²) in [5.74, 6) is -2.02. The molecule has 0 radical (unpaired) electrons. The minimum Gasteiger partial charge on any atom is -0.465 e. The normalized spacial score (nSPS) is 12.3. The van der Waals surface area contributed by atoms with Crippen molar-refractivity contribution in [3.05, 3.63) is 34.9 Å². The van der Waals surface area contributed by atoms with Gasteiger partial charge in [0.05, 0.1) is 11.6 Å². The number of ketones is 1. The molecule has 0 N–H and O–H groups in total. The maximum absolute atomic E-state index is 12.5. The fraction of sp³-hybridized carbons (Fsp3) is 0.471. The van der Waals surface area contributed by atoms with Crippen LogP contribution in [0.1, 0.15) is 43.5 Å². The molecule has 4 nitrogen and oxygen atoms in total. The number of hydrogen-bond donors (Lipinski definition) is 0. The van der Waals surface area contributed by atoms with Crippen LogP contribution in [0.15, 0.2) is 29.3 Å². The molecule has 0 saturated heterocycles. The number of nitrogens with zero attached hydrogens (tertiary/aromatic N) is 1. The lowest BCUT2D eigenvalue weighted by molar-refractivity contribution is -0.143. The Kier molecular flexibility index (Phi) is 8.44. The minimum absolute atomic E-state index is 0.217. The topological polar surface area (TPSA) is 55.7 Å². The van der Waals surface area contributed by atoms with Crippen LogP contribution < -0.4 is 0 Å². The van der Waals surface area contributed by atoms with Gasteiger partial charge in [-0.05, 0) is 25.5 Å². The highest BCUT2D eigenvalue weighted by molar-refractivity contribution is 6.35. The number of unbranched alkanes of at least 4 members (excludes halogenated alkanes) is 2. The van der Waals surface area contributed by atoms with Gasteiger partial charge in [-0.3, -0.25) is 14.6 Å². The largest absolute Gasteiger partial charge is 0.465 e. The number of ether oxygens (including phenoxy) is 1. The molecule has 1 unspecified atom stereocenters. The van der Waals surface area contributed by atoms with Gasteiger partial charge in [0.25, 0.3) is 0 Å². The highest BCUT2D eigenvalue weighted by Gasteiger charge is 2.28. The molecule has 0 aliphatic heterocycles. The molecule has 22 heavy (non-hydrogen) atoms. The van der Waals surface area contributed by atoms with E-state index >= 15 is 0 Å². The predicted molar refractivity (Wildman–Crippen MR) is 88.8 cm³/mol. The minimum atomic E-state index is -1.04. The summed E-state index contributed by atoms with van der Waals surface area (Å²) in [6.07, 6.45) is 4.48. The highest BCUT2D eigenvalue weighted by Crippen LogP contribution is 2.19. The van der Waals surface area contributed by atoms with E-state index in [1.54, 1.807) is 31.2 Å². The van der Waals surface area contributed by atoms with Crippen LogP contribution in [0.4, 0.5) is 0 Å². The van der Waals surface area contributed by atoms with Gasteiger partial charge in [-0.15, -0.1) is 0 Å². The zero-order valence-electron chi connectivity index (χ0n) is 13.0. The summed E-state index contributed by atoms with van der Waals surface area (Å²) in [5, 5.41) is 0.321. The van der Waals surface area contributed by atoms with Gasteiger partial charge in [0.15, 0.2) is 11.7 Å². The number of Topliss-reactive ketones (excluding diaryl/α,β-unsaturated/α-hetero) is 1. The summed E-state index contributed by atoms with van der Waals surface area (Å²) in [6, 6.07) is 6.66. The van der Waals surface area contributed by atoms with Crippen molar-refractivity contribution >= 4 is 29.6 Å². The van der Waals surface area contributed by atoms with Crippen molar-refractivity contribution in [1.82, 2.24) is 0 Å². The second-order valence-electron chi connectivity index (χ2n) is 4.84. The number of halogens is 1. The zero-order valence-corrected chi connectivity index (χ0v) is 13.8. The SMILES string of the molecule is CCCCCN=CC(C(=O)OCC)C(=O)c1ccccc1Cl. The van der Waals surface area contributed by atoms with Crippen molar-refractivity contribution in [2.24, 2.45) is 10.9 Å². The molecule has 5 heteroatoms. The van der Waals surface area contributed by atoms with E-state index in [-0.39, 0.29) is 12.4 Å². The first kappa shape index (κ1) is 18.4. The third-order valence-corrected chi connectivity index (χ3v) is 3.44. The lowest BCUT2D eigenvalue weighted by Gasteiger charge is -2.11. The van der Waals surface area contributed by atoms with Crippen LogP contribution in [0.2, 0.25) is 5.02 Å². The third kappa shape index (κ3) is 5.60. The van der Waals surface area contributed by atoms with E-state index in [1.807, 2.05) is 0 Å². The number of carbonyl (C=O) groups excluding carboxylic acids is 2. The van der Waals surface area contributed by atoms with E-state index in [9.17, 15) is 9.59 Å². The first-order valence-electron chi connectivity index (χ1n) is 7.57. The van der Waals surface area contributed by atoms with E-state index in [2.05, 4.69) is 11.9 Å². The number of esters is 1. The van der Waals surface area contributed by atoms with Crippen molar-refractivity contribution in [1.29, 1.82) is 0 Å². The Morgan fingerprint density at radius 3 is 2.64 bits per heavy atom. The number of hydrogen-bond acceptors (Lipinski definition) is 4. The monoisotopic (exact) mass is 323 g/mol. The van der Waals surface area contributed by atoms with E-state index < -0.39 is 11.9 Å². The van der Waals surface area contributed by atoms with Crippen molar-refractivity contribution in [2.75, 3.05) is 13.2 Å². The Morgan fingerprint density at radius 1 is 1.27 bits per heavy atom. The van der Waals surface area contributed by atoms with E-state index in [0.29, 0.717) is 17.1 Å². The first-order chi connectivity index (χ1) is 10.6. The van der Waals surface area contributed by atoms with Gasteiger partial charge in [0.1, 0.15) is 0 Å². The third-order valence-electron chi connectivity index (χ3n) is 3.11. The second kappa shape index (κ2) is 10.1. The molecule has 0 aliphatic rings. The maximum Gasteiger partial charge on any atom is 0.322 e. The molecule has 0 spiro atoms. The number of aliphatic imine (C=N–C) groups is 1. The molecule has 120 valence electrons. The van der Waals surface area contributed by atoms with Crippen LogP contribution in [-0.2, 0) is 9.53 Å². The lowest BCUT2D eigenvalue weighted by atomic mass is 9.98. The average Bonchev–Trinajstić information content (AvgIpc) is 2.51. The van der Waals surface area contributed by atoms with E-state index in [1.165, 1.54) is 6.21 Å². The standard InChI is InChI=1S/C17H22ClNO3/c1-3-5-8-11-19-12-14(17(21)22-4-2)16(20)13-9-6-7-10-15(13)18/h6-7,9-10,12,14H,3-5,8,11H2,1-2H3. The van der Waals surface area contributed by atoms with Crippen LogP contribution in [0.3, 0.4) is 0 Å². The Hall–Kier alpha value is -1.68. The zero-order chi connectivity index (χ0) is 16.4.